The first-order valence-electron chi connectivity index (χ1n) is 17.3. The van der Waals surface area contributed by atoms with E-state index in [1.807, 2.05) is 42.5 Å². The third-order valence-electron chi connectivity index (χ3n) is 9.48. The second-order valence-electron chi connectivity index (χ2n) is 12.8. The summed E-state index contributed by atoms with van der Waals surface area (Å²) < 4.78 is 39.6. The van der Waals surface area contributed by atoms with E-state index in [1.54, 1.807) is 31.2 Å². The first kappa shape index (κ1) is 38.7. The number of rotatable bonds is 14. The summed E-state index contributed by atoms with van der Waals surface area (Å²) in [6.07, 6.45) is 3.94. The fraction of sp³-hybridized carbons (Fsp3) is 0.325. The maximum Gasteiger partial charge on any atom is 0.337 e. The van der Waals surface area contributed by atoms with Crippen LogP contribution in [0.25, 0.3) is 0 Å². The fourth-order valence-electron chi connectivity index (χ4n) is 6.55. The van der Waals surface area contributed by atoms with Crippen molar-refractivity contribution >= 4 is 55.2 Å². The van der Waals surface area contributed by atoms with E-state index in [1.165, 1.54) is 36.2 Å². The Kier molecular flexibility index (Phi) is 13.3. The second-order valence-corrected chi connectivity index (χ2v) is 15.6. The molecule has 1 aliphatic carbocycles. The predicted molar refractivity (Wildman–Crippen MR) is 205 cm³/mol. The Morgan fingerprint density at radius 2 is 1.46 bits per heavy atom. The van der Waals surface area contributed by atoms with Gasteiger partial charge in [0.2, 0.25) is 10.0 Å². The van der Waals surface area contributed by atoms with E-state index in [-0.39, 0.29) is 40.9 Å². The lowest BCUT2D eigenvalue weighted by Crippen LogP contribution is -2.43. The summed E-state index contributed by atoms with van der Waals surface area (Å²) in [5.41, 5.74) is 5.42. The molecule has 0 bridgehead atoms. The minimum absolute atomic E-state index is 0.0507. The molecule has 12 heteroatoms. The molecule has 10 nitrogen and oxygen atoms in total. The van der Waals surface area contributed by atoms with E-state index < -0.39 is 15.9 Å². The number of esters is 2. The third-order valence-corrected chi connectivity index (χ3v) is 12.0. The van der Waals surface area contributed by atoms with Crippen molar-refractivity contribution in [2.45, 2.75) is 62.9 Å². The Hall–Kier alpha value is -4.52. The van der Waals surface area contributed by atoms with Crippen molar-refractivity contribution in [3.63, 3.8) is 0 Å². The monoisotopic (exact) mass is 789 g/mol. The van der Waals surface area contributed by atoms with Crippen LogP contribution < -0.4 is 10.6 Å². The van der Waals surface area contributed by atoms with E-state index in [0.29, 0.717) is 43.5 Å². The summed E-state index contributed by atoms with van der Waals surface area (Å²) in [6, 6.07) is 27.1. The molecule has 52 heavy (non-hydrogen) atoms. The van der Waals surface area contributed by atoms with Gasteiger partial charge in [0.05, 0.1) is 30.6 Å². The molecule has 1 saturated carbocycles. The third kappa shape index (κ3) is 9.67. The number of aryl methyl sites for hydroxylation is 2. The molecule has 0 atom stereocenters. The molecule has 1 amide bonds. The van der Waals surface area contributed by atoms with Crippen LogP contribution in [0.4, 0.5) is 11.4 Å². The Labute approximate surface area is 314 Å². The van der Waals surface area contributed by atoms with Gasteiger partial charge >= 0.3 is 11.9 Å². The van der Waals surface area contributed by atoms with Crippen LogP contribution in [0.1, 0.15) is 70.0 Å². The first-order valence-corrected chi connectivity index (χ1v) is 19.5. The molecule has 0 aliphatic heterocycles. The number of anilines is 2. The molecule has 4 aromatic carbocycles. The highest BCUT2D eigenvalue weighted by Gasteiger charge is 2.35. The number of benzene rings is 4. The van der Waals surface area contributed by atoms with E-state index in [0.717, 1.165) is 34.1 Å². The normalized spacial score (nSPS) is 15.9. The van der Waals surface area contributed by atoms with E-state index in [2.05, 4.69) is 38.7 Å². The summed E-state index contributed by atoms with van der Waals surface area (Å²) in [5, 5.41) is 6.40. The van der Waals surface area contributed by atoms with Crippen molar-refractivity contribution in [3.05, 3.63) is 123 Å². The first-order chi connectivity index (χ1) is 25.0. The number of ether oxygens (including phenoxy) is 2. The zero-order valence-electron chi connectivity index (χ0n) is 29.6. The molecule has 0 aromatic heterocycles. The van der Waals surface area contributed by atoms with Crippen LogP contribution in [0, 0.1) is 5.92 Å². The number of carbonyl (C=O) groups is 3. The molecule has 0 unspecified atom stereocenters. The van der Waals surface area contributed by atoms with Crippen molar-refractivity contribution in [1.29, 1.82) is 0 Å². The molecule has 2 N–H and O–H groups in total. The van der Waals surface area contributed by atoms with Crippen molar-refractivity contribution in [3.8, 4) is 0 Å². The highest BCUT2D eigenvalue weighted by atomic mass is 79.9. The molecular weight excluding hydrogens is 746 g/mol. The number of amides is 1. The number of nitrogens with one attached hydrogen (secondary N) is 2. The van der Waals surface area contributed by atoms with Gasteiger partial charge in [-0.05, 0) is 116 Å². The summed E-state index contributed by atoms with van der Waals surface area (Å²) >= 11 is 3.53. The van der Waals surface area contributed by atoms with E-state index in [9.17, 15) is 22.8 Å². The molecule has 4 aromatic rings. The number of hydrogen-bond acceptors (Lipinski definition) is 8. The average Bonchev–Trinajstić information content (AvgIpc) is 3.17. The molecule has 1 aliphatic rings. The number of sulfonamides is 1. The maximum absolute atomic E-state index is 13.8. The SMILES string of the molecule is CCN([C@H]1CC[C@H](C(=O)OC)CC1)S(=O)(=O)c1cccc(C(=O)Nc2ccc(Br)cc2CNc2ccc(CCc3ccc(C(=O)OC)cc3)cc2)c1. The lowest BCUT2D eigenvalue weighted by atomic mass is 9.86. The van der Waals surface area contributed by atoms with Crippen LogP contribution in [-0.2, 0) is 43.7 Å². The fourth-order valence-corrected chi connectivity index (χ4v) is 8.70. The van der Waals surface area contributed by atoms with E-state index >= 15 is 0 Å². The van der Waals surface area contributed by atoms with Crippen molar-refractivity contribution in [2.75, 3.05) is 31.4 Å². The van der Waals surface area contributed by atoms with Gasteiger partial charge in [-0.15, -0.1) is 0 Å². The number of hydrogen-bond donors (Lipinski definition) is 2. The van der Waals surface area contributed by atoms with E-state index in [4.69, 9.17) is 9.47 Å². The second kappa shape index (κ2) is 17.8. The number of halogens is 1. The van der Waals surface area contributed by atoms with Crippen LogP contribution in [0.15, 0.2) is 100 Å². The summed E-state index contributed by atoms with van der Waals surface area (Å²) in [6.45, 7) is 2.51. The molecule has 0 spiro atoms. The van der Waals surface area contributed by atoms with Gasteiger partial charge in [0.15, 0.2) is 0 Å². The van der Waals surface area contributed by atoms with Gasteiger partial charge in [-0.3, -0.25) is 9.59 Å². The van der Waals surface area contributed by atoms with Gasteiger partial charge in [0.25, 0.3) is 5.91 Å². The zero-order chi connectivity index (χ0) is 37.3. The van der Waals surface area contributed by atoms with Crippen molar-refractivity contribution < 1.29 is 32.3 Å². The quantitative estimate of drug-likeness (QED) is 0.125. The van der Waals surface area contributed by atoms with Crippen molar-refractivity contribution in [1.82, 2.24) is 4.31 Å². The molecule has 0 heterocycles. The van der Waals surface area contributed by atoms with Crippen LogP contribution in [0.3, 0.4) is 0 Å². The van der Waals surface area contributed by atoms with Gasteiger partial charge in [0.1, 0.15) is 0 Å². The zero-order valence-corrected chi connectivity index (χ0v) is 32.0. The van der Waals surface area contributed by atoms with Gasteiger partial charge in [-0.25, -0.2) is 13.2 Å². The number of nitrogens with zero attached hydrogens (tertiary/aromatic N) is 1. The average molecular weight is 791 g/mol. The van der Waals surface area contributed by atoms with Crippen LogP contribution in [0.2, 0.25) is 0 Å². The van der Waals surface area contributed by atoms with Crippen LogP contribution in [-0.4, -0.2) is 57.4 Å². The Bertz CT molecular complexity index is 1980. The minimum atomic E-state index is -3.90. The highest BCUT2D eigenvalue weighted by Crippen LogP contribution is 2.32. The Morgan fingerprint density at radius 1 is 0.808 bits per heavy atom. The Balaban J connectivity index is 1.20. The van der Waals surface area contributed by atoms with Gasteiger partial charge in [-0.2, -0.15) is 4.31 Å². The summed E-state index contributed by atoms with van der Waals surface area (Å²) in [4.78, 5) is 37.2. The van der Waals surface area contributed by atoms with Gasteiger partial charge in [-0.1, -0.05) is 53.2 Å². The number of methoxy groups -OCH3 is 2. The molecule has 0 saturated heterocycles. The summed E-state index contributed by atoms with van der Waals surface area (Å²) in [7, 11) is -1.16. The van der Waals surface area contributed by atoms with Crippen molar-refractivity contribution in [2.24, 2.45) is 5.92 Å². The molecule has 1 fully saturated rings. The summed E-state index contributed by atoms with van der Waals surface area (Å²) in [5.74, 6) is -1.24. The number of carbonyl (C=O) groups excluding carboxylic acids is 3. The lowest BCUT2D eigenvalue weighted by Gasteiger charge is -2.34. The molecule has 5 rings (SSSR count). The molecule has 274 valence electrons. The Morgan fingerprint density at radius 3 is 2.08 bits per heavy atom. The van der Waals surface area contributed by atoms with Gasteiger partial charge < -0.3 is 20.1 Å². The van der Waals surface area contributed by atoms with Crippen LogP contribution in [0.5, 0.6) is 0 Å². The lowest BCUT2D eigenvalue weighted by molar-refractivity contribution is -0.146. The largest absolute Gasteiger partial charge is 0.469 e. The highest BCUT2D eigenvalue weighted by molar-refractivity contribution is 9.10. The molecule has 0 radical (unpaired) electrons. The standard InChI is InChI=1S/C40H44BrN3O7S/c1-4-44(35-21-16-30(17-22-35)40(47)51-3)52(48,49)36-7-5-6-31(25-36)38(45)43-37-23-18-33(41)24-32(37)26-42-34-19-12-28(13-20-34)9-8-27-10-14-29(15-11-27)39(46)50-2/h5-7,10-15,18-20,23-25,30,35,42H,4,8-9,16-17,21-22,26H2,1-3H3,(H,43,45)/t30-,35-. The minimum Gasteiger partial charge on any atom is -0.469 e. The maximum atomic E-state index is 13.8. The topological polar surface area (TPSA) is 131 Å². The smallest absolute Gasteiger partial charge is 0.337 e. The molecular formula is C40H44BrN3O7S. The van der Waals surface area contributed by atoms with Gasteiger partial charge in [0, 0.05) is 40.5 Å². The van der Waals surface area contributed by atoms with Crippen LogP contribution >= 0.6 is 15.9 Å². The predicted octanol–water partition coefficient (Wildman–Crippen LogP) is 7.63.